The lowest BCUT2D eigenvalue weighted by molar-refractivity contribution is -0.704. The van der Waals surface area contributed by atoms with E-state index in [-0.39, 0.29) is 0 Å². The highest BCUT2D eigenvalue weighted by Gasteiger charge is 2.13. The number of aryl methyl sites for hydroxylation is 2. The lowest BCUT2D eigenvalue weighted by Crippen LogP contribution is -2.37. The van der Waals surface area contributed by atoms with Gasteiger partial charge in [-0.3, -0.25) is 0 Å². The molecule has 0 saturated carbocycles. The fourth-order valence-corrected chi connectivity index (χ4v) is 4.09. The Kier molecular flexibility index (Phi) is 15.6. The number of nitrogens with zero attached hydrogens (tertiary/aromatic N) is 2. The van der Waals surface area contributed by atoms with Crippen molar-refractivity contribution in [2.24, 2.45) is 7.05 Å². The minimum absolute atomic E-state index is 1.21. The van der Waals surface area contributed by atoms with Crippen LogP contribution < -0.4 is 4.57 Å². The SMILES string of the molecule is CCCCCCCCCCCCCCCC[n+]1ccn(C)c1CCCCC. The van der Waals surface area contributed by atoms with Crippen molar-refractivity contribution in [3.63, 3.8) is 0 Å². The molecule has 0 aliphatic heterocycles. The molecule has 0 atom stereocenters. The van der Waals surface area contributed by atoms with Crippen molar-refractivity contribution in [2.75, 3.05) is 0 Å². The molecule has 0 aromatic carbocycles. The van der Waals surface area contributed by atoms with Crippen molar-refractivity contribution in [3.05, 3.63) is 18.2 Å². The summed E-state index contributed by atoms with van der Waals surface area (Å²) in [6, 6.07) is 0. The van der Waals surface area contributed by atoms with Crippen molar-refractivity contribution in [1.82, 2.24) is 4.57 Å². The normalized spacial score (nSPS) is 11.4. The van der Waals surface area contributed by atoms with Crippen molar-refractivity contribution in [2.45, 2.75) is 136 Å². The molecule has 0 spiro atoms. The van der Waals surface area contributed by atoms with Gasteiger partial charge in [0.05, 0.1) is 13.6 Å². The van der Waals surface area contributed by atoms with Crippen LogP contribution >= 0.6 is 0 Å². The number of rotatable bonds is 19. The lowest BCUT2D eigenvalue weighted by Gasteiger charge is -2.04. The molecule has 1 aromatic heterocycles. The maximum absolute atomic E-state index is 2.50. The minimum Gasteiger partial charge on any atom is -0.237 e. The van der Waals surface area contributed by atoms with Gasteiger partial charge in [0.25, 0.3) is 5.82 Å². The summed E-state index contributed by atoms with van der Waals surface area (Å²) >= 11 is 0. The average molecular weight is 378 g/mol. The van der Waals surface area contributed by atoms with Gasteiger partial charge >= 0.3 is 0 Å². The molecule has 0 fully saturated rings. The summed E-state index contributed by atoms with van der Waals surface area (Å²) in [5.74, 6) is 1.51. The molecular weight excluding hydrogens is 328 g/mol. The van der Waals surface area contributed by atoms with Crippen molar-refractivity contribution in [1.29, 1.82) is 0 Å². The summed E-state index contributed by atoms with van der Waals surface area (Å²) in [5, 5.41) is 0. The molecule has 158 valence electrons. The Bertz CT molecular complexity index is 436. The average Bonchev–Trinajstić information content (AvgIpc) is 3.02. The van der Waals surface area contributed by atoms with Gasteiger partial charge in [-0.05, 0) is 19.3 Å². The molecule has 0 aliphatic carbocycles. The molecule has 2 heteroatoms. The molecule has 0 N–H and O–H groups in total. The highest BCUT2D eigenvalue weighted by molar-refractivity contribution is 4.82. The third-order valence-corrected chi connectivity index (χ3v) is 5.97. The molecule has 27 heavy (non-hydrogen) atoms. The first-order valence-electron chi connectivity index (χ1n) is 12.3. The van der Waals surface area contributed by atoms with E-state index >= 15 is 0 Å². The minimum atomic E-state index is 1.21. The van der Waals surface area contributed by atoms with Gasteiger partial charge in [-0.2, -0.15) is 0 Å². The molecule has 1 heterocycles. The molecular formula is C25H49N2+. The second-order valence-electron chi connectivity index (χ2n) is 8.57. The van der Waals surface area contributed by atoms with E-state index in [1.807, 2.05) is 0 Å². The van der Waals surface area contributed by atoms with Crippen molar-refractivity contribution < 1.29 is 4.57 Å². The van der Waals surface area contributed by atoms with E-state index in [1.54, 1.807) is 0 Å². The van der Waals surface area contributed by atoms with E-state index in [4.69, 9.17) is 0 Å². The molecule has 0 bridgehead atoms. The fraction of sp³-hybridized carbons (Fsp3) is 0.880. The van der Waals surface area contributed by atoms with Crippen molar-refractivity contribution in [3.8, 4) is 0 Å². The van der Waals surface area contributed by atoms with E-state index in [0.717, 1.165) is 0 Å². The first-order valence-corrected chi connectivity index (χ1v) is 12.3. The zero-order chi connectivity index (χ0) is 19.6. The van der Waals surface area contributed by atoms with Gasteiger partial charge in [0, 0.05) is 6.42 Å². The van der Waals surface area contributed by atoms with Crippen LogP contribution in [0.2, 0.25) is 0 Å². The first-order chi connectivity index (χ1) is 13.3. The topological polar surface area (TPSA) is 8.81 Å². The predicted octanol–water partition coefficient (Wildman–Crippen LogP) is 7.53. The van der Waals surface area contributed by atoms with Gasteiger partial charge in [0.15, 0.2) is 0 Å². The number of aromatic nitrogens is 2. The molecule has 0 amide bonds. The summed E-state index contributed by atoms with van der Waals surface area (Å²) in [4.78, 5) is 0. The highest BCUT2D eigenvalue weighted by atomic mass is 15.1. The Morgan fingerprint density at radius 3 is 1.59 bits per heavy atom. The van der Waals surface area contributed by atoms with Crippen LogP contribution in [-0.2, 0) is 20.0 Å². The lowest BCUT2D eigenvalue weighted by atomic mass is 10.0. The summed E-state index contributed by atoms with van der Waals surface area (Å²) in [5.41, 5.74) is 0. The molecule has 0 aliphatic rings. The van der Waals surface area contributed by atoms with Crippen LogP contribution in [0.5, 0.6) is 0 Å². The fourth-order valence-electron chi connectivity index (χ4n) is 4.09. The van der Waals surface area contributed by atoms with Crippen LogP contribution in [0.4, 0.5) is 0 Å². The van der Waals surface area contributed by atoms with Crippen LogP contribution in [-0.4, -0.2) is 4.57 Å². The smallest absolute Gasteiger partial charge is 0.237 e. The van der Waals surface area contributed by atoms with Crippen LogP contribution in [0.15, 0.2) is 12.4 Å². The number of imidazole rings is 1. The van der Waals surface area contributed by atoms with Gasteiger partial charge in [-0.1, -0.05) is 104 Å². The Morgan fingerprint density at radius 2 is 1.07 bits per heavy atom. The summed E-state index contributed by atoms with van der Waals surface area (Å²) in [7, 11) is 2.20. The second-order valence-corrected chi connectivity index (χ2v) is 8.57. The zero-order valence-electron chi connectivity index (χ0n) is 19.0. The standard InChI is InChI=1S/C25H49N2/c1-4-6-8-9-10-11-12-13-14-15-16-17-18-20-22-27-24-23-26(3)25(27)21-19-7-5-2/h23-24H,4-22H2,1-3H3/q+1. The zero-order valence-corrected chi connectivity index (χ0v) is 19.0. The van der Waals surface area contributed by atoms with E-state index < -0.39 is 0 Å². The molecule has 1 aromatic rings. The molecule has 2 nitrogen and oxygen atoms in total. The number of hydrogen-bond donors (Lipinski definition) is 0. The maximum Gasteiger partial charge on any atom is 0.256 e. The summed E-state index contributed by atoms with van der Waals surface area (Å²) in [6.07, 6.45) is 29.8. The van der Waals surface area contributed by atoms with Crippen LogP contribution in [0.3, 0.4) is 0 Å². The Hall–Kier alpha value is -0.790. The number of unbranched alkanes of at least 4 members (excludes halogenated alkanes) is 15. The Balaban J connectivity index is 1.93. The molecule has 1 rings (SSSR count). The van der Waals surface area contributed by atoms with E-state index in [1.165, 1.54) is 128 Å². The summed E-state index contributed by atoms with van der Waals surface area (Å²) < 4.78 is 4.82. The van der Waals surface area contributed by atoms with E-state index in [2.05, 4.69) is 42.4 Å². The predicted molar refractivity (Wildman–Crippen MR) is 119 cm³/mol. The molecule has 0 unspecified atom stereocenters. The quantitative estimate of drug-likeness (QED) is 0.174. The van der Waals surface area contributed by atoms with Crippen LogP contribution in [0.25, 0.3) is 0 Å². The van der Waals surface area contributed by atoms with Gasteiger partial charge in [0.2, 0.25) is 0 Å². The first kappa shape index (κ1) is 24.2. The second kappa shape index (κ2) is 17.3. The summed E-state index contributed by atoms with van der Waals surface area (Å²) in [6.45, 7) is 5.79. The number of hydrogen-bond acceptors (Lipinski definition) is 0. The van der Waals surface area contributed by atoms with Gasteiger partial charge in [-0.25, -0.2) is 9.13 Å². The van der Waals surface area contributed by atoms with E-state index in [0.29, 0.717) is 0 Å². The molecule has 0 radical (unpaired) electrons. The van der Waals surface area contributed by atoms with Crippen LogP contribution in [0, 0.1) is 0 Å². The van der Waals surface area contributed by atoms with Gasteiger partial charge in [-0.15, -0.1) is 0 Å². The maximum atomic E-state index is 2.50. The third kappa shape index (κ3) is 12.3. The van der Waals surface area contributed by atoms with Crippen LogP contribution in [0.1, 0.15) is 129 Å². The monoisotopic (exact) mass is 377 g/mol. The van der Waals surface area contributed by atoms with Crippen molar-refractivity contribution >= 4 is 0 Å². The van der Waals surface area contributed by atoms with Gasteiger partial charge in [0.1, 0.15) is 12.4 Å². The highest BCUT2D eigenvalue weighted by Crippen LogP contribution is 2.13. The molecule has 0 saturated heterocycles. The van der Waals surface area contributed by atoms with Gasteiger partial charge < -0.3 is 0 Å². The largest absolute Gasteiger partial charge is 0.256 e. The Morgan fingerprint density at radius 1 is 0.630 bits per heavy atom. The third-order valence-electron chi connectivity index (χ3n) is 5.97. The Labute approximate surface area is 170 Å². The van der Waals surface area contributed by atoms with E-state index in [9.17, 15) is 0 Å².